The molecular weight excluding hydrogens is 256 g/mol. The van der Waals surface area contributed by atoms with Crippen LogP contribution in [0, 0.1) is 0 Å². The van der Waals surface area contributed by atoms with Crippen LogP contribution in [0.4, 0.5) is 0 Å². The van der Waals surface area contributed by atoms with E-state index in [1.165, 1.54) is 0 Å². The molecule has 110 valence electrons. The van der Waals surface area contributed by atoms with Gasteiger partial charge < -0.3 is 10.0 Å². The fourth-order valence-corrected chi connectivity index (χ4v) is 1.94. The Morgan fingerprint density at radius 3 is 2.55 bits per heavy atom. The molecule has 0 aromatic carbocycles. The molecule has 1 rings (SSSR count). The summed E-state index contributed by atoms with van der Waals surface area (Å²) in [4.78, 5) is 28.5. The van der Waals surface area contributed by atoms with Crippen molar-refractivity contribution < 1.29 is 14.7 Å². The molecule has 0 saturated carbocycles. The lowest BCUT2D eigenvalue weighted by Crippen LogP contribution is -2.36. The molecule has 1 heterocycles. The standard InChI is InChI=1S/C15H22N2O3/c1-12(2)17(11-13-6-5-9-16-10-13)14(18)7-3-4-8-15(19)20/h5-6,9-10,12H,3-4,7-8,11H2,1-2H3,(H,19,20). The normalized spacial score (nSPS) is 10.6. The molecule has 0 bridgehead atoms. The zero-order chi connectivity index (χ0) is 15.0. The first kappa shape index (κ1) is 16.1. The van der Waals surface area contributed by atoms with Gasteiger partial charge in [-0.2, -0.15) is 0 Å². The van der Waals surface area contributed by atoms with Crippen LogP contribution in [0.25, 0.3) is 0 Å². The van der Waals surface area contributed by atoms with E-state index in [4.69, 9.17) is 5.11 Å². The smallest absolute Gasteiger partial charge is 0.303 e. The Labute approximate surface area is 119 Å². The van der Waals surface area contributed by atoms with Gasteiger partial charge >= 0.3 is 5.97 Å². The summed E-state index contributed by atoms with van der Waals surface area (Å²) < 4.78 is 0. The Hall–Kier alpha value is -1.91. The van der Waals surface area contributed by atoms with Gasteiger partial charge in [-0.1, -0.05) is 6.07 Å². The number of carbonyl (C=O) groups is 2. The number of unbranched alkanes of at least 4 members (excludes halogenated alkanes) is 1. The Kier molecular flexibility index (Phi) is 6.70. The van der Waals surface area contributed by atoms with E-state index in [1.54, 1.807) is 17.3 Å². The van der Waals surface area contributed by atoms with Gasteiger partial charge in [-0.3, -0.25) is 14.6 Å². The minimum atomic E-state index is -0.812. The number of carboxylic acids is 1. The molecule has 0 fully saturated rings. The zero-order valence-corrected chi connectivity index (χ0v) is 12.1. The average molecular weight is 278 g/mol. The third-order valence-electron chi connectivity index (χ3n) is 3.05. The van der Waals surface area contributed by atoms with Crippen LogP contribution in [0.2, 0.25) is 0 Å². The van der Waals surface area contributed by atoms with E-state index in [0.29, 0.717) is 25.8 Å². The number of aliphatic carboxylic acids is 1. The number of rotatable bonds is 8. The lowest BCUT2D eigenvalue weighted by molar-refractivity contribution is -0.138. The average Bonchev–Trinajstić information content (AvgIpc) is 2.41. The number of nitrogens with zero attached hydrogens (tertiary/aromatic N) is 2. The van der Waals surface area contributed by atoms with E-state index < -0.39 is 5.97 Å². The van der Waals surface area contributed by atoms with Crippen molar-refractivity contribution in [2.75, 3.05) is 0 Å². The highest BCUT2D eigenvalue weighted by atomic mass is 16.4. The van der Waals surface area contributed by atoms with Crippen LogP contribution in [-0.2, 0) is 16.1 Å². The summed E-state index contributed by atoms with van der Waals surface area (Å²) in [6.07, 6.45) is 5.13. The number of pyridine rings is 1. The van der Waals surface area contributed by atoms with Crippen LogP contribution in [0.5, 0.6) is 0 Å². The molecule has 0 atom stereocenters. The lowest BCUT2D eigenvalue weighted by atomic mass is 10.1. The number of amides is 1. The van der Waals surface area contributed by atoms with E-state index in [0.717, 1.165) is 5.56 Å². The molecule has 1 aromatic heterocycles. The summed E-state index contributed by atoms with van der Waals surface area (Å²) in [5, 5.41) is 8.57. The molecule has 1 amide bonds. The van der Waals surface area contributed by atoms with E-state index in [9.17, 15) is 9.59 Å². The molecule has 5 heteroatoms. The molecule has 1 aromatic rings. The van der Waals surface area contributed by atoms with Crippen LogP contribution in [0.1, 0.15) is 45.1 Å². The second-order valence-electron chi connectivity index (χ2n) is 5.08. The molecule has 0 aliphatic heterocycles. The Morgan fingerprint density at radius 2 is 2.00 bits per heavy atom. The Morgan fingerprint density at radius 1 is 1.30 bits per heavy atom. The monoisotopic (exact) mass is 278 g/mol. The first-order valence-electron chi connectivity index (χ1n) is 6.91. The van der Waals surface area contributed by atoms with Gasteiger partial charge in [0.05, 0.1) is 0 Å². The van der Waals surface area contributed by atoms with E-state index in [-0.39, 0.29) is 18.4 Å². The Bertz CT molecular complexity index is 432. The van der Waals surface area contributed by atoms with Crippen molar-refractivity contribution in [2.24, 2.45) is 0 Å². The SMILES string of the molecule is CC(C)N(Cc1cccnc1)C(=O)CCCCC(=O)O. The lowest BCUT2D eigenvalue weighted by Gasteiger charge is -2.27. The minimum absolute atomic E-state index is 0.0641. The van der Waals surface area contributed by atoms with Crippen LogP contribution >= 0.6 is 0 Å². The molecule has 5 nitrogen and oxygen atoms in total. The summed E-state index contributed by atoms with van der Waals surface area (Å²) >= 11 is 0. The Balaban J connectivity index is 2.49. The minimum Gasteiger partial charge on any atom is -0.481 e. The van der Waals surface area contributed by atoms with Crippen LogP contribution in [0.15, 0.2) is 24.5 Å². The summed E-state index contributed by atoms with van der Waals surface area (Å²) in [5.74, 6) is -0.747. The molecule has 0 radical (unpaired) electrons. The molecule has 20 heavy (non-hydrogen) atoms. The molecular formula is C15H22N2O3. The van der Waals surface area contributed by atoms with Gasteiger partial charge in [0.2, 0.25) is 5.91 Å². The third kappa shape index (κ3) is 5.82. The van der Waals surface area contributed by atoms with Crippen LogP contribution in [0.3, 0.4) is 0 Å². The van der Waals surface area contributed by atoms with Crippen molar-refractivity contribution in [3.8, 4) is 0 Å². The molecule has 0 spiro atoms. The van der Waals surface area contributed by atoms with Gasteiger partial charge in [0.15, 0.2) is 0 Å². The number of carbonyl (C=O) groups excluding carboxylic acids is 1. The van der Waals surface area contributed by atoms with Gasteiger partial charge in [-0.25, -0.2) is 0 Å². The summed E-state index contributed by atoms with van der Waals surface area (Å²) in [5.41, 5.74) is 1.00. The maximum absolute atomic E-state index is 12.2. The van der Waals surface area contributed by atoms with Crippen molar-refractivity contribution >= 4 is 11.9 Å². The fraction of sp³-hybridized carbons (Fsp3) is 0.533. The zero-order valence-electron chi connectivity index (χ0n) is 12.1. The molecule has 0 aliphatic rings. The van der Waals surface area contributed by atoms with Crippen LogP contribution < -0.4 is 0 Å². The predicted molar refractivity (Wildman–Crippen MR) is 76.0 cm³/mol. The predicted octanol–water partition coefficient (Wildman–Crippen LogP) is 2.46. The van der Waals surface area contributed by atoms with Crippen LogP contribution in [-0.4, -0.2) is 32.9 Å². The van der Waals surface area contributed by atoms with E-state index in [1.807, 2.05) is 26.0 Å². The largest absolute Gasteiger partial charge is 0.481 e. The topological polar surface area (TPSA) is 70.5 Å². The van der Waals surface area contributed by atoms with Crippen molar-refractivity contribution in [3.63, 3.8) is 0 Å². The maximum atomic E-state index is 12.2. The summed E-state index contributed by atoms with van der Waals surface area (Å²) in [7, 11) is 0. The van der Waals surface area contributed by atoms with Crippen molar-refractivity contribution in [1.82, 2.24) is 9.88 Å². The molecule has 0 unspecified atom stereocenters. The van der Waals surface area contributed by atoms with Crippen molar-refractivity contribution in [3.05, 3.63) is 30.1 Å². The highest BCUT2D eigenvalue weighted by Crippen LogP contribution is 2.11. The van der Waals surface area contributed by atoms with E-state index in [2.05, 4.69) is 4.98 Å². The fourth-order valence-electron chi connectivity index (χ4n) is 1.94. The third-order valence-corrected chi connectivity index (χ3v) is 3.05. The van der Waals surface area contributed by atoms with Gasteiger partial charge in [0.25, 0.3) is 0 Å². The van der Waals surface area contributed by atoms with Gasteiger partial charge in [-0.15, -0.1) is 0 Å². The number of hydrogen-bond acceptors (Lipinski definition) is 3. The summed E-state index contributed by atoms with van der Waals surface area (Å²) in [6.45, 7) is 4.50. The number of carboxylic acid groups (broad SMARTS) is 1. The highest BCUT2D eigenvalue weighted by Gasteiger charge is 2.17. The quantitative estimate of drug-likeness (QED) is 0.741. The van der Waals surface area contributed by atoms with Gasteiger partial charge in [0.1, 0.15) is 0 Å². The molecule has 1 N–H and O–H groups in total. The second-order valence-corrected chi connectivity index (χ2v) is 5.08. The first-order valence-corrected chi connectivity index (χ1v) is 6.91. The van der Waals surface area contributed by atoms with Gasteiger partial charge in [-0.05, 0) is 38.3 Å². The van der Waals surface area contributed by atoms with Crippen molar-refractivity contribution in [1.29, 1.82) is 0 Å². The number of hydrogen-bond donors (Lipinski definition) is 1. The van der Waals surface area contributed by atoms with Gasteiger partial charge in [0, 0.05) is 37.8 Å². The number of aromatic nitrogens is 1. The second kappa shape index (κ2) is 8.30. The highest BCUT2D eigenvalue weighted by molar-refractivity contribution is 5.76. The summed E-state index contributed by atoms with van der Waals surface area (Å²) in [6, 6.07) is 3.91. The van der Waals surface area contributed by atoms with E-state index >= 15 is 0 Å². The molecule has 0 saturated heterocycles. The molecule has 0 aliphatic carbocycles. The van der Waals surface area contributed by atoms with Crippen molar-refractivity contribution in [2.45, 2.75) is 52.1 Å². The first-order chi connectivity index (χ1) is 9.50. The maximum Gasteiger partial charge on any atom is 0.303 e.